The Hall–Kier alpha value is -3.17. The Labute approximate surface area is 215 Å². The number of benzene rings is 1. The molecule has 0 aliphatic heterocycles. The molecule has 188 valence electrons. The summed E-state index contributed by atoms with van der Waals surface area (Å²) in [6.07, 6.45) is 3.79. The molecular weight excluding hydrogens is 490 g/mol. The summed E-state index contributed by atoms with van der Waals surface area (Å²) in [7, 11) is 0. The van der Waals surface area contributed by atoms with E-state index in [0.29, 0.717) is 25.2 Å². The van der Waals surface area contributed by atoms with Gasteiger partial charge in [0.1, 0.15) is 10.8 Å². The van der Waals surface area contributed by atoms with Gasteiger partial charge in [-0.2, -0.15) is 0 Å². The number of nitrogens with zero attached hydrogens (tertiary/aromatic N) is 2. The zero-order valence-electron chi connectivity index (χ0n) is 19.9. The van der Waals surface area contributed by atoms with Crippen molar-refractivity contribution in [3.8, 4) is 16.3 Å². The fraction of sp³-hybridized carbons (Fsp3) is 0.360. The van der Waals surface area contributed by atoms with Gasteiger partial charge in [0, 0.05) is 42.2 Å². The summed E-state index contributed by atoms with van der Waals surface area (Å²) in [6, 6.07) is 9.39. The topological polar surface area (TPSA) is 111 Å². The van der Waals surface area contributed by atoms with Crippen LogP contribution in [0.5, 0.6) is 5.75 Å². The minimum absolute atomic E-state index is 0. The lowest BCUT2D eigenvalue weighted by atomic mass is 10.0. The van der Waals surface area contributed by atoms with E-state index in [-0.39, 0.29) is 31.5 Å². The van der Waals surface area contributed by atoms with Crippen molar-refractivity contribution in [3.05, 3.63) is 64.4 Å². The molecule has 3 rings (SSSR count). The highest BCUT2D eigenvalue weighted by Gasteiger charge is 2.12. The second-order valence-corrected chi connectivity index (χ2v) is 9.19. The van der Waals surface area contributed by atoms with Gasteiger partial charge >= 0.3 is 12.1 Å². The number of alkyl carbamates (subject to hydrolysis) is 1. The van der Waals surface area contributed by atoms with Crippen LogP contribution in [-0.2, 0) is 28.9 Å². The van der Waals surface area contributed by atoms with E-state index in [4.69, 9.17) is 19.6 Å². The number of carbonyl (C=O) groups excluding carboxylic acids is 1. The second kappa shape index (κ2) is 13.7. The number of thiazole rings is 1. The Morgan fingerprint density at radius 3 is 2.54 bits per heavy atom. The van der Waals surface area contributed by atoms with Gasteiger partial charge in [-0.3, -0.25) is 9.78 Å². The smallest absolute Gasteiger partial charge is 0.407 e. The zero-order chi connectivity index (χ0) is 24.5. The number of pyridine rings is 1. The van der Waals surface area contributed by atoms with Crippen molar-refractivity contribution in [3.63, 3.8) is 0 Å². The summed E-state index contributed by atoms with van der Waals surface area (Å²) in [5, 5.41) is 12.7. The largest absolute Gasteiger partial charge is 0.493 e. The van der Waals surface area contributed by atoms with E-state index in [0.717, 1.165) is 32.3 Å². The second-order valence-electron chi connectivity index (χ2n) is 7.99. The van der Waals surface area contributed by atoms with Crippen molar-refractivity contribution in [2.75, 3.05) is 6.61 Å². The van der Waals surface area contributed by atoms with Crippen molar-refractivity contribution in [2.45, 2.75) is 52.7 Å². The number of carboxylic acid groups (broad SMARTS) is 1. The van der Waals surface area contributed by atoms with Crippen LogP contribution in [0.25, 0.3) is 10.6 Å². The lowest BCUT2D eigenvalue weighted by molar-refractivity contribution is -0.136. The number of aromatic nitrogens is 2. The third kappa shape index (κ3) is 8.84. The van der Waals surface area contributed by atoms with Gasteiger partial charge in [0.2, 0.25) is 0 Å². The van der Waals surface area contributed by atoms with Crippen LogP contribution < -0.4 is 10.1 Å². The van der Waals surface area contributed by atoms with Gasteiger partial charge in [-0.05, 0) is 62.6 Å². The lowest BCUT2D eigenvalue weighted by Gasteiger charge is -2.14. The molecule has 2 aromatic heterocycles. The first-order valence-corrected chi connectivity index (χ1v) is 11.9. The standard InChI is InChI=1S/C25H29N3O5S.ClH/c1-16(2)33-25(31)27-15-20-14-21(6-4-18(20)5-7-23(29)30)32-13-10-22-17(3)34-24(28-22)19-8-11-26-12-9-19;/h4,6,8-9,11-12,14,16H,5,7,10,13,15H2,1-3H3,(H,27,31)(H,29,30);1H. The molecule has 2 heterocycles. The molecule has 10 heteroatoms. The maximum Gasteiger partial charge on any atom is 0.407 e. The van der Waals surface area contributed by atoms with Crippen LogP contribution in [0.2, 0.25) is 0 Å². The van der Waals surface area contributed by atoms with Crippen molar-refractivity contribution < 1.29 is 24.2 Å². The molecular formula is C25H30ClN3O5S. The molecule has 0 bridgehead atoms. The van der Waals surface area contributed by atoms with Gasteiger partial charge in [-0.15, -0.1) is 23.7 Å². The Kier molecular flexibility index (Phi) is 10.9. The molecule has 2 N–H and O–H groups in total. The summed E-state index contributed by atoms with van der Waals surface area (Å²) >= 11 is 1.64. The van der Waals surface area contributed by atoms with Crippen LogP contribution in [0, 0.1) is 6.92 Å². The van der Waals surface area contributed by atoms with Gasteiger partial charge in [0.15, 0.2) is 0 Å². The number of aliphatic carboxylic acids is 1. The number of carboxylic acids is 1. The van der Waals surface area contributed by atoms with Gasteiger partial charge in [-0.25, -0.2) is 9.78 Å². The van der Waals surface area contributed by atoms with Crippen LogP contribution in [0.1, 0.15) is 42.0 Å². The van der Waals surface area contributed by atoms with Gasteiger partial charge in [0.05, 0.1) is 18.4 Å². The number of carbonyl (C=O) groups is 2. The predicted molar refractivity (Wildman–Crippen MR) is 137 cm³/mol. The lowest BCUT2D eigenvalue weighted by Crippen LogP contribution is -2.26. The summed E-state index contributed by atoms with van der Waals surface area (Å²) in [6.45, 7) is 6.26. The first-order valence-electron chi connectivity index (χ1n) is 11.1. The SMILES string of the molecule is Cc1sc(-c2ccncc2)nc1CCOc1ccc(CCC(=O)O)c(CNC(=O)OC(C)C)c1.Cl. The van der Waals surface area contributed by atoms with E-state index in [1.165, 1.54) is 0 Å². The molecule has 1 amide bonds. The molecule has 0 atom stereocenters. The Morgan fingerprint density at radius 1 is 1.11 bits per heavy atom. The zero-order valence-corrected chi connectivity index (χ0v) is 21.6. The Bertz CT molecular complexity index is 1120. The van der Waals surface area contributed by atoms with E-state index in [9.17, 15) is 9.59 Å². The maximum atomic E-state index is 11.9. The van der Waals surface area contributed by atoms with E-state index < -0.39 is 12.1 Å². The fourth-order valence-electron chi connectivity index (χ4n) is 3.31. The van der Waals surface area contributed by atoms with Crippen LogP contribution >= 0.6 is 23.7 Å². The van der Waals surface area contributed by atoms with Crippen LogP contribution in [0.4, 0.5) is 4.79 Å². The number of hydrogen-bond acceptors (Lipinski definition) is 7. The van der Waals surface area contributed by atoms with Crippen molar-refractivity contribution in [1.29, 1.82) is 0 Å². The van der Waals surface area contributed by atoms with Crippen molar-refractivity contribution in [2.24, 2.45) is 0 Å². The molecule has 35 heavy (non-hydrogen) atoms. The Morgan fingerprint density at radius 2 is 1.86 bits per heavy atom. The summed E-state index contributed by atoms with van der Waals surface area (Å²) < 4.78 is 11.1. The van der Waals surface area contributed by atoms with Gasteiger partial charge in [-0.1, -0.05) is 6.07 Å². The summed E-state index contributed by atoms with van der Waals surface area (Å²) in [5.74, 6) is -0.224. The molecule has 0 saturated carbocycles. The van der Waals surface area contributed by atoms with E-state index in [1.54, 1.807) is 37.6 Å². The number of amides is 1. The fourth-order valence-corrected chi connectivity index (χ4v) is 4.27. The highest BCUT2D eigenvalue weighted by molar-refractivity contribution is 7.15. The molecule has 0 aliphatic rings. The quantitative estimate of drug-likeness (QED) is 0.358. The minimum Gasteiger partial charge on any atom is -0.493 e. The summed E-state index contributed by atoms with van der Waals surface area (Å²) in [4.78, 5) is 32.8. The van der Waals surface area contributed by atoms with Gasteiger partial charge in [0.25, 0.3) is 0 Å². The first-order chi connectivity index (χ1) is 16.3. The first kappa shape index (κ1) is 28.1. The highest BCUT2D eigenvalue weighted by Crippen LogP contribution is 2.27. The number of ether oxygens (including phenoxy) is 2. The van der Waals surface area contributed by atoms with Crippen molar-refractivity contribution >= 4 is 35.8 Å². The van der Waals surface area contributed by atoms with E-state index in [2.05, 4.69) is 17.2 Å². The Balaban J connectivity index is 0.00000432. The average molecular weight is 520 g/mol. The number of rotatable bonds is 11. The van der Waals surface area contributed by atoms with Gasteiger partial charge < -0.3 is 19.9 Å². The molecule has 1 aromatic carbocycles. The van der Waals surface area contributed by atoms with Crippen LogP contribution in [0.15, 0.2) is 42.7 Å². The molecule has 0 fully saturated rings. The monoisotopic (exact) mass is 519 g/mol. The minimum atomic E-state index is -0.872. The molecule has 0 unspecified atom stereocenters. The highest BCUT2D eigenvalue weighted by atomic mass is 35.5. The molecule has 3 aromatic rings. The maximum absolute atomic E-state index is 11.9. The predicted octanol–water partition coefficient (Wildman–Crippen LogP) is 5.21. The van der Waals surface area contributed by atoms with E-state index in [1.807, 2.05) is 30.3 Å². The van der Waals surface area contributed by atoms with Crippen molar-refractivity contribution in [1.82, 2.24) is 15.3 Å². The molecule has 0 spiro atoms. The third-order valence-corrected chi connectivity index (χ3v) is 6.04. The molecule has 0 aliphatic carbocycles. The molecule has 0 radical (unpaired) electrons. The summed E-state index contributed by atoms with van der Waals surface area (Å²) in [5.41, 5.74) is 3.68. The van der Waals surface area contributed by atoms with E-state index >= 15 is 0 Å². The molecule has 0 saturated heterocycles. The molecule has 8 nitrogen and oxygen atoms in total. The number of aryl methyl sites for hydroxylation is 2. The normalized spacial score (nSPS) is 10.5. The van der Waals surface area contributed by atoms with Crippen LogP contribution in [-0.4, -0.2) is 39.8 Å². The number of hydrogen-bond donors (Lipinski definition) is 2. The third-order valence-electron chi connectivity index (χ3n) is 4.98. The average Bonchev–Trinajstić information content (AvgIpc) is 3.17. The number of nitrogens with one attached hydrogen (secondary N) is 1. The van der Waals surface area contributed by atoms with Crippen LogP contribution in [0.3, 0.4) is 0 Å². The number of halogens is 1.